The summed E-state index contributed by atoms with van der Waals surface area (Å²) in [4.78, 5) is 19.4. The molecule has 0 spiro atoms. The summed E-state index contributed by atoms with van der Waals surface area (Å²) in [6, 6.07) is 1.50. The van der Waals surface area contributed by atoms with E-state index < -0.39 is 11.5 Å². The Balaban J connectivity index is 2.10. The highest BCUT2D eigenvalue weighted by Crippen LogP contribution is 2.36. The molecule has 0 aromatic carbocycles. The highest BCUT2D eigenvalue weighted by atomic mass is 32.2. The Morgan fingerprint density at radius 1 is 1.43 bits per heavy atom. The lowest BCUT2D eigenvalue weighted by atomic mass is 10.1. The van der Waals surface area contributed by atoms with Gasteiger partial charge in [0.15, 0.2) is 17.0 Å². The molecule has 0 unspecified atom stereocenters. The Morgan fingerprint density at radius 2 is 2.22 bits per heavy atom. The van der Waals surface area contributed by atoms with Crippen molar-refractivity contribution >= 4 is 22.8 Å². The summed E-state index contributed by atoms with van der Waals surface area (Å²) in [7, 11) is 0. The second kappa shape index (κ2) is 7.62. The molecule has 1 aromatic heterocycles. The fraction of sp³-hybridized carbons (Fsp3) is 0.500. The van der Waals surface area contributed by atoms with E-state index in [-0.39, 0.29) is 49.4 Å². The van der Waals surface area contributed by atoms with Crippen molar-refractivity contribution < 1.29 is 29.6 Å². The third-order valence-corrected chi connectivity index (χ3v) is 4.37. The number of hydrogen-bond acceptors (Lipinski definition) is 8. The summed E-state index contributed by atoms with van der Waals surface area (Å²) in [5, 5.41) is 28.4. The Bertz CT molecular complexity index is 609. The monoisotopic (exact) mass is 342 g/mol. The first-order valence-electron chi connectivity index (χ1n) is 6.94. The van der Waals surface area contributed by atoms with Crippen LogP contribution < -0.4 is 4.74 Å². The number of aliphatic imine (C=N–C) groups is 1. The van der Waals surface area contributed by atoms with Crippen LogP contribution in [0.2, 0.25) is 0 Å². The summed E-state index contributed by atoms with van der Waals surface area (Å²) < 4.78 is 10.5. The van der Waals surface area contributed by atoms with E-state index in [4.69, 9.17) is 14.6 Å². The lowest BCUT2D eigenvalue weighted by Gasteiger charge is -2.12. The normalized spacial score (nSPS) is 20.3. The summed E-state index contributed by atoms with van der Waals surface area (Å²) in [6.07, 6.45) is 1.46. The first-order chi connectivity index (χ1) is 11.0. The van der Waals surface area contributed by atoms with Gasteiger partial charge >= 0.3 is 5.97 Å². The third kappa shape index (κ3) is 4.12. The van der Waals surface area contributed by atoms with Crippen LogP contribution in [0.15, 0.2) is 17.3 Å². The van der Waals surface area contributed by atoms with E-state index in [1.54, 1.807) is 0 Å². The molecule has 126 valence electrons. The number of aromatic nitrogens is 1. The van der Waals surface area contributed by atoms with Crippen LogP contribution in [0.3, 0.4) is 0 Å². The molecule has 2 rings (SSSR count). The fourth-order valence-corrected chi connectivity index (χ4v) is 2.97. The maximum absolute atomic E-state index is 11.2. The number of carbonyl (C=O) groups is 1. The van der Waals surface area contributed by atoms with Crippen molar-refractivity contribution in [3.63, 3.8) is 0 Å². The summed E-state index contributed by atoms with van der Waals surface area (Å²) in [5.74, 6) is -0.711. The molecule has 0 aliphatic carbocycles. The summed E-state index contributed by atoms with van der Waals surface area (Å²) in [5.41, 5.74) is -1.02. The lowest BCUT2D eigenvalue weighted by molar-refractivity contribution is -0.141. The number of pyridine rings is 1. The van der Waals surface area contributed by atoms with Crippen LogP contribution >= 0.6 is 11.8 Å². The lowest BCUT2D eigenvalue weighted by Crippen LogP contribution is -2.33. The van der Waals surface area contributed by atoms with Gasteiger partial charge in [-0.1, -0.05) is 0 Å². The van der Waals surface area contributed by atoms with Gasteiger partial charge in [-0.05, 0) is 6.92 Å². The Morgan fingerprint density at radius 3 is 2.87 bits per heavy atom. The van der Waals surface area contributed by atoms with Crippen LogP contribution in [-0.4, -0.2) is 69.0 Å². The molecule has 9 heteroatoms. The van der Waals surface area contributed by atoms with Crippen molar-refractivity contribution in [3.8, 4) is 11.5 Å². The minimum atomic E-state index is -1.22. The van der Waals surface area contributed by atoms with E-state index >= 15 is 0 Å². The quantitative estimate of drug-likeness (QED) is 0.584. The molecule has 0 saturated heterocycles. The first-order valence-corrected chi connectivity index (χ1v) is 7.92. The van der Waals surface area contributed by atoms with Crippen molar-refractivity contribution in [2.75, 3.05) is 32.2 Å². The molecule has 2 heterocycles. The number of carboxylic acid groups (broad SMARTS) is 1. The Hall–Kier alpha value is -1.84. The number of thioether (sulfide) groups is 1. The van der Waals surface area contributed by atoms with Crippen LogP contribution in [0, 0.1) is 0 Å². The summed E-state index contributed by atoms with van der Waals surface area (Å²) >= 11 is 1.23. The molecular formula is C14H18N2O6S. The van der Waals surface area contributed by atoms with Gasteiger partial charge < -0.3 is 24.8 Å². The molecule has 8 nitrogen and oxygen atoms in total. The van der Waals surface area contributed by atoms with Crippen molar-refractivity contribution in [1.82, 2.24) is 4.98 Å². The third-order valence-electron chi connectivity index (χ3n) is 3.11. The molecule has 3 N–H and O–H groups in total. The van der Waals surface area contributed by atoms with E-state index in [1.165, 1.54) is 30.9 Å². The number of carboxylic acids is 1. The van der Waals surface area contributed by atoms with Crippen LogP contribution in [0.1, 0.15) is 12.6 Å². The average Bonchev–Trinajstić information content (AvgIpc) is 2.92. The van der Waals surface area contributed by atoms with Crippen LogP contribution in [0.4, 0.5) is 0 Å². The predicted octanol–water partition coefficient (Wildman–Crippen LogP) is 0.512. The number of hydrogen-bond donors (Lipinski definition) is 3. The SMILES string of the molecule is C[C@]1(C(=O)O)CSC(c2nccc(OCCOCCO)c2O)=N1. The first kappa shape index (κ1) is 17.5. The van der Waals surface area contributed by atoms with Gasteiger partial charge in [0.2, 0.25) is 0 Å². The zero-order valence-electron chi connectivity index (χ0n) is 12.6. The molecule has 1 aromatic rings. The van der Waals surface area contributed by atoms with Gasteiger partial charge in [-0.15, -0.1) is 11.8 Å². The molecule has 0 fully saturated rings. The number of aliphatic hydroxyl groups is 1. The van der Waals surface area contributed by atoms with E-state index in [9.17, 15) is 15.0 Å². The Labute approximate surface area is 137 Å². The van der Waals surface area contributed by atoms with Gasteiger partial charge in [-0.25, -0.2) is 9.78 Å². The van der Waals surface area contributed by atoms with E-state index in [0.29, 0.717) is 5.04 Å². The molecule has 0 bridgehead atoms. The number of aliphatic carboxylic acids is 1. The standard InChI is InChI=1S/C14H18N2O6S/c1-14(13(19)20)8-23-12(16-14)10-11(18)9(2-3-15-10)22-7-6-21-5-4-17/h2-3,17-18H,4-8H2,1H3,(H,19,20)/t14-/m1/s1. The second-order valence-electron chi connectivity index (χ2n) is 4.98. The molecule has 1 atom stereocenters. The highest BCUT2D eigenvalue weighted by molar-refractivity contribution is 8.14. The molecule has 0 saturated carbocycles. The highest BCUT2D eigenvalue weighted by Gasteiger charge is 2.39. The van der Waals surface area contributed by atoms with Gasteiger partial charge in [-0.2, -0.15) is 0 Å². The van der Waals surface area contributed by atoms with Crippen molar-refractivity contribution in [1.29, 1.82) is 0 Å². The van der Waals surface area contributed by atoms with Gasteiger partial charge in [0.05, 0.1) is 19.8 Å². The maximum atomic E-state index is 11.2. The maximum Gasteiger partial charge on any atom is 0.332 e. The number of ether oxygens (including phenoxy) is 2. The van der Waals surface area contributed by atoms with E-state index in [1.807, 2.05) is 0 Å². The van der Waals surface area contributed by atoms with Crippen LogP contribution in [0.5, 0.6) is 11.5 Å². The van der Waals surface area contributed by atoms with Crippen molar-refractivity contribution in [2.24, 2.45) is 4.99 Å². The van der Waals surface area contributed by atoms with Crippen molar-refractivity contribution in [3.05, 3.63) is 18.0 Å². The molecular weight excluding hydrogens is 324 g/mol. The van der Waals surface area contributed by atoms with Gasteiger partial charge in [0.1, 0.15) is 17.3 Å². The summed E-state index contributed by atoms with van der Waals surface area (Å²) in [6.45, 7) is 2.14. The van der Waals surface area contributed by atoms with Crippen LogP contribution in [-0.2, 0) is 9.53 Å². The predicted molar refractivity (Wildman–Crippen MR) is 84.3 cm³/mol. The molecule has 0 radical (unpaired) electrons. The van der Waals surface area contributed by atoms with E-state index in [0.717, 1.165) is 0 Å². The van der Waals surface area contributed by atoms with Gasteiger partial charge in [0.25, 0.3) is 0 Å². The smallest absolute Gasteiger partial charge is 0.332 e. The number of aliphatic hydroxyl groups excluding tert-OH is 1. The zero-order chi connectivity index (χ0) is 16.9. The topological polar surface area (TPSA) is 121 Å². The molecule has 0 amide bonds. The van der Waals surface area contributed by atoms with Crippen molar-refractivity contribution in [2.45, 2.75) is 12.5 Å². The van der Waals surface area contributed by atoms with E-state index in [2.05, 4.69) is 9.98 Å². The number of nitrogens with zero attached hydrogens (tertiary/aromatic N) is 2. The van der Waals surface area contributed by atoms with Crippen LogP contribution in [0.25, 0.3) is 0 Å². The molecule has 1 aliphatic heterocycles. The molecule has 1 aliphatic rings. The van der Waals surface area contributed by atoms with Gasteiger partial charge in [-0.3, -0.25) is 4.99 Å². The fourth-order valence-electron chi connectivity index (χ4n) is 1.81. The Kier molecular flexibility index (Phi) is 5.80. The molecule has 23 heavy (non-hydrogen) atoms. The number of rotatable bonds is 8. The zero-order valence-corrected chi connectivity index (χ0v) is 13.4. The minimum absolute atomic E-state index is 0.0654. The average molecular weight is 342 g/mol. The largest absolute Gasteiger partial charge is 0.503 e. The van der Waals surface area contributed by atoms with Gasteiger partial charge in [0, 0.05) is 18.0 Å². The second-order valence-corrected chi connectivity index (χ2v) is 5.94. The minimum Gasteiger partial charge on any atom is -0.503 e. The number of aromatic hydroxyl groups is 1.